The highest BCUT2D eigenvalue weighted by molar-refractivity contribution is 7.89. The Morgan fingerprint density at radius 2 is 1.90 bits per heavy atom. The Kier molecular flexibility index (Phi) is 4.75. The Balaban J connectivity index is 2.10. The van der Waals surface area contributed by atoms with Gasteiger partial charge in [0.25, 0.3) is 0 Å². The predicted molar refractivity (Wildman–Crippen MR) is 82.6 cm³/mol. The lowest BCUT2D eigenvalue weighted by Gasteiger charge is -2.20. The molecule has 0 amide bonds. The molecule has 0 aromatic carbocycles. The summed E-state index contributed by atoms with van der Waals surface area (Å²) in [4.78, 5) is 2.54. The molecule has 0 saturated carbocycles. The average molecular weight is 314 g/mol. The van der Waals surface area contributed by atoms with Crippen LogP contribution in [0.5, 0.6) is 0 Å². The minimum atomic E-state index is -3.50. The van der Waals surface area contributed by atoms with Crippen molar-refractivity contribution in [2.75, 3.05) is 13.1 Å². The number of sulfonamides is 1. The van der Waals surface area contributed by atoms with Crippen molar-refractivity contribution in [3.63, 3.8) is 0 Å². The third-order valence-electron chi connectivity index (χ3n) is 4.09. The number of rotatable bonds is 5. The van der Waals surface area contributed by atoms with Gasteiger partial charge in [-0.25, -0.2) is 13.1 Å². The summed E-state index contributed by atoms with van der Waals surface area (Å²) in [6.07, 6.45) is 3.01. The van der Waals surface area contributed by atoms with Crippen molar-refractivity contribution >= 4 is 10.0 Å². The first-order chi connectivity index (χ1) is 9.70. The summed E-state index contributed by atoms with van der Waals surface area (Å²) in [6, 6.07) is 0.543. The molecule has 0 aliphatic carbocycles. The van der Waals surface area contributed by atoms with Gasteiger partial charge < -0.3 is 0 Å². The fraction of sp³-hybridized carbons (Fsp3) is 0.786. The highest BCUT2D eigenvalue weighted by Crippen LogP contribution is 2.21. The zero-order chi connectivity index (χ0) is 15.8. The van der Waals surface area contributed by atoms with E-state index in [-0.39, 0.29) is 17.0 Å². The topological polar surface area (TPSA) is 67.2 Å². The first-order valence-corrected chi connectivity index (χ1v) is 8.99. The van der Waals surface area contributed by atoms with Gasteiger partial charge in [0.15, 0.2) is 0 Å². The molecule has 1 aliphatic rings. The maximum Gasteiger partial charge on any atom is 0.243 e. The zero-order valence-electron chi connectivity index (χ0n) is 13.4. The summed E-state index contributed by atoms with van der Waals surface area (Å²) in [5.74, 6) is 0.308. The fourth-order valence-corrected chi connectivity index (χ4v) is 3.86. The normalized spacial score (nSPS) is 24.3. The van der Waals surface area contributed by atoms with Gasteiger partial charge in [0.2, 0.25) is 10.0 Å². The minimum Gasteiger partial charge on any atom is -0.299 e. The van der Waals surface area contributed by atoms with Crippen molar-refractivity contribution < 1.29 is 8.42 Å². The van der Waals surface area contributed by atoms with Crippen LogP contribution in [0.2, 0.25) is 0 Å². The molecule has 1 N–H and O–H groups in total. The number of nitrogens with one attached hydrogen (secondary N) is 1. The van der Waals surface area contributed by atoms with Crippen LogP contribution in [0.15, 0.2) is 17.3 Å². The lowest BCUT2D eigenvalue weighted by Crippen LogP contribution is -2.40. The van der Waals surface area contributed by atoms with Crippen LogP contribution in [0.3, 0.4) is 0 Å². The Morgan fingerprint density at radius 1 is 1.24 bits per heavy atom. The Labute approximate surface area is 127 Å². The number of nitrogens with zero attached hydrogens (tertiary/aromatic N) is 3. The number of aromatic nitrogens is 2. The predicted octanol–water partition coefficient (Wildman–Crippen LogP) is 1.47. The second kappa shape index (κ2) is 6.06. The third-order valence-corrected chi connectivity index (χ3v) is 5.54. The van der Waals surface area contributed by atoms with Crippen molar-refractivity contribution in [2.24, 2.45) is 5.92 Å². The Morgan fingerprint density at radius 3 is 2.38 bits per heavy atom. The van der Waals surface area contributed by atoms with Crippen LogP contribution in [0.4, 0.5) is 0 Å². The van der Waals surface area contributed by atoms with Crippen molar-refractivity contribution in [3.8, 4) is 0 Å². The summed E-state index contributed by atoms with van der Waals surface area (Å²) >= 11 is 0. The molecular weight excluding hydrogens is 288 g/mol. The molecule has 1 aromatic heterocycles. The van der Waals surface area contributed by atoms with Gasteiger partial charge >= 0.3 is 0 Å². The second-order valence-electron chi connectivity index (χ2n) is 6.50. The van der Waals surface area contributed by atoms with Gasteiger partial charge in [0, 0.05) is 37.4 Å². The summed E-state index contributed by atoms with van der Waals surface area (Å²) < 4.78 is 29.4. The highest BCUT2D eigenvalue weighted by atomic mass is 32.2. The van der Waals surface area contributed by atoms with E-state index >= 15 is 0 Å². The molecule has 6 nitrogen and oxygen atoms in total. The molecule has 21 heavy (non-hydrogen) atoms. The van der Waals surface area contributed by atoms with Crippen LogP contribution in [-0.4, -0.2) is 48.3 Å². The van der Waals surface area contributed by atoms with Gasteiger partial charge in [-0.2, -0.15) is 5.10 Å². The van der Waals surface area contributed by atoms with Crippen LogP contribution in [0.1, 0.15) is 40.7 Å². The van der Waals surface area contributed by atoms with E-state index in [0.717, 1.165) is 13.1 Å². The summed E-state index contributed by atoms with van der Waals surface area (Å²) in [7, 11) is -3.50. The number of likely N-dealkylation sites (tertiary alicyclic amines) is 1. The monoisotopic (exact) mass is 314 g/mol. The van der Waals surface area contributed by atoms with Crippen molar-refractivity contribution in [3.05, 3.63) is 12.4 Å². The maximum atomic E-state index is 12.5. The number of hydrogen-bond donors (Lipinski definition) is 1. The summed E-state index contributed by atoms with van der Waals surface area (Å²) in [5.41, 5.74) is 0. The van der Waals surface area contributed by atoms with E-state index in [1.165, 1.54) is 6.20 Å². The van der Waals surface area contributed by atoms with Gasteiger partial charge in [-0.05, 0) is 33.6 Å². The van der Waals surface area contributed by atoms with E-state index in [1.807, 2.05) is 13.8 Å². The zero-order valence-corrected chi connectivity index (χ0v) is 14.3. The maximum absolute atomic E-state index is 12.5. The van der Waals surface area contributed by atoms with Crippen LogP contribution in [0, 0.1) is 5.92 Å². The summed E-state index contributed by atoms with van der Waals surface area (Å²) in [6.45, 7) is 12.0. The van der Waals surface area contributed by atoms with E-state index in [0.29, 0.717) is 12.0 Å². The first-order valence-electron chi connectivity index (χ1n) is 7.51. The van der Waals surface area contributed by atoms with Crippen LogP contribution < -0.4 is 4.72 Å². The quantitative estimate of drug-likeness (QED) is 0.894. The van der Waals surface area contributed by atoms with Gasteiger partial charge in [-0.15, -0.1) is 0 Å². The molecule has 0 radical (unpaired) electrons. The van der Waals surface area contributed by atoms with Crippen molar-refractivity contribution in [1.29, 1.82) is 0 Å². The molecule has 7 heteroatoms. The second-order valence-corrected chi connectivity index (χ2v) is 8.22. The molecule has 1 saturated heterocycles. The Hall–Kier alpha value is -0.920. The molecule has 1 aromatic rings. The molecule has 1 aliphatic heterocycles. The molecule has 2 heterocycles. The summed E-state index contributed by atoms with van der Waals surface area (Å²) in [5, 5.41) is 4.11. The SMILES string of the molecule is CC(C)N1C[C@@H](C)[C@@H](NS(=O)(=O)c2cnn(C(C)C)c2)C1. The minimum absolute atomic E-state index is 0.0419. The number of hydrogen-bond acceptors (Lipinski definition) is 4. The van der Waals surface area contributed by atoms with Gasteiger partial charge in [-0.3, -0.25) is 9.58 Å². The van der Waals surface area contributed by atoms with E-state index in [9.17, 15) is 8.42 Å². The lowest BCUT2D eigenvalue weighted by atomic mass is 10.1. The first kappa shape index (κ1) is 16.5. The van der Waals surface area contributed by atoms with Gasteiger partial charge in [-0.1, -0.05) is 6.92 Å². The van der Waals surface area contributed by atoms with Gasteiger partial charge in [0.05, 0.1) is 6.20 Å². The van der Waals surface area contributed by atoms with Crippen LogP contribution >= 0.6 is 0 Å². The van der Waals surface area contributed by atoms with Crippen molar-refractivity contribution in [2.45, 2.75) is 57.6 Å². The molecule has 0 bridgehead atoms. The highest BCUT2D eigenvalue weighted by Gasteiger charge is 2.34. The Bertz CT molecular complexity index is 580. The molecule has 0 spiro atoms. The van der Waals surface area contributed by atoms with Crippen LogP contribution in [0.25, 0.3) is 0 Å². The molecule has 1 fully saturated rings. The van der Waals surface area contributed by atoms with E-state index in [1.54, 1.807) is 10.9 Å². The van der Waals surface area contributed by atoms with E-state index < -0.39 is 10.0 Å². The standard InChI is InChI=1S/C14H26N4O2S/c1-10(2)17-7-12(5)14(9-17)16-21(19,20)13-6-15-18(8-13)11(3)4/h6,8,10-12,14,16H,7,9H2,1-5H3/t12-,14+/m1/s1. The lowest BCUT2D eigenvalue weighted by molar-refractivity contribution is 0.265. The molecular formula is C14H26N4O2S. The molecule has 2 atom stereocenters. The van der Waals surface area contributed by atoms with Gasteiger partial charge in [0.1, 0.15) is 4.90 Å². The van der Waals surface area contributed by atoms with Crippen LogP contribution in [-0.2, 0) is 10.0 Å². The fourth-order valence-electron chi connectivity index (χ4n) is 2.59. The largest absolute Gasteiger partial charge is 0.299 e. The van der Waals surface area contributed by atoms with E-state index in [2.05, 4.69) is 35.5 Å². The van der Waals surface area contributed by atoms with E-state index in [4.69, 9.17) is 0 Å². The molecule has 0 unspecified atom stereocenters. The smallest absolute Gasteiger partial charge is 0.243 e. The molecule has 120 valence electrons. The van der Waals surface area contributed by atoms with Crippen molar-refractivity contribution in [1.82, 2.24) is 19.4 Å². The average Bonchev–Trinajstić information content (AvgIpc) is 2.97. The third kappa shape index (κ3) is 3.64. The molecule has 2 rings (SSSR count).